The zero-order valence-corrected chi connectivity index (χ0v) is 26.8. The van der Waals surface area contributed by atoms with E-state index in [9.17, 15) is 9.59 Å². The molecule has 0 unspecified atom stereocenters. The van der Waals surface area contributed by atoms with E-state index in [-0.39, 0.29) is 22.6 Å². The van der Waals surface area contributed by atoms with Gasteiger partial charge >= 0.3 is 0 Å². The summed E-state index contributed by atoms with van der Waals surface area (Å²) in [5.74, 6) is 13.3. The highest BCUT2D eigenvalue weighted by Gasteiger charge is 2.34. The van der Waals surface area contributed by atoms with Gasteiger partial charge in [0.2, 0.25) is 23.7 Å². The number of carbonyl (C=O) groups excluding carboxylic acids is 2. The summed E-state index contributed by atoms with van der Waals surface area (Å²) in [6.45, 7) is 9.87. The summed E-state index contributed by atoms with van der Waals surface area (Å²) in [6.07, 6.45) is 9.63. The van der Waals surface area contributed by atoms with E-state index in [1.54, 1.807) is 34.6 Å². The molecule has 46 heavy (non-hydrogen) atoms. The standard InChI is InChI=1S/2C19H19N3O/c1-19(2)10-11-22(17(23)12-19)18-20-13-16(14-21-18)9-8-15-6-4-3-5-7-15;1-19(2)11-10-17(23)22(14-19)18-20-12-16(13-21-18)9-8-15-6-4-3-5-7-15/h3-7,13-14H,10-12H2,1-2H3;3-7,12-13H,10-11,14H2,1-2H3. The molecule has 4 heterocycles. The second kappa shape index (κ2) is 14.2. The van der Waals surface area contributed by atoms with E-state index < -0.39 is 0 Å². The van der Waals surface area contributed by atoms with Crippen molar-refractivity contribution in [1.29, 1.82) is 0 Å². The minimum absolute atomic E-state index is 0.0642. The van der Waals surface area contributed by atoms with Crippen LogP contribution in [-0.2, 0) is 9.59 Å². The highest BCUT2D eigenvalue weighted by atomic mass is 16.2. The lowest BCUT2D eigenvalue weighted by Crippen LogP contribution is -2.44. The fraction of sp³-hybridized carbons (Fsp3) is 0.316. The van der Waals surface area contributed by atoms with E-state index in [4.69, 9.17) is 0 Å². The Kier molecular flexibility index (Phi) is 9.88. The molecule has 2 aliphatic rings. The molecule has 2 saturated heterocycles. The molecule has 0 N–H and O–H groups in total. The molecule has 2 aromatic heterocycles. The fourth-order valence-corrected chi connectivity index (χ4v) is 5.08. The average molecular weight is 611 g/mol. The van der Waals surface area contributed by atoms with Crippen molar-refractivity contribution < 1.29 is 9.59 Å². The molecule has 4 aromatic rings. The fourth-order valence-electron chi connectivity index (χ4n) is 5.08. The number of piperidine rings is 2. The number of nitrogens with zero attached hydrogens (tertiary/aromatic N) is 6. The molecular weight excluding hydrogens is 572 g/mol. The van der Waals surface area contributed by atoms with Crippen LogP contribution in [0, 0.1) is 34.5 Å². The Morgan fingerprint density at radius 1 is 0.565 bits per heavy atom. The maximum Gasteiger partial charge on any atom is 0.232 e. The maximum absolute atomic E-state index is 12.2. The van der Waals surface area contributed by atoms with Crippen LogP contribution in [0.3, 0.4) is 0 Å². The molecule has 2 aliphatic heterocycles. The van der Waals surface area contributed by atoms with Gasteiger partial charge in [-0.3, -0.25) is 19.4 Å². The predicted octanol–water partition coefficient (Wildman–Crippen LogP) is 6.06. The smallest absolute Gasteiger partial charge is 0.232 e. The van der Waals surface area contributed by atoms with E-state index in [1.165, 1.54) is 0 Å². The van der Waals surface area contributed by atoms with E-state index in [0.717, 1.165) is 35.1 Å². The molecule has 2 amide bonds. The first-order valence-electron chi connectivity index (χ1n) is 15.5. The number of anilines is 2. The summed E-state index contributed by atoms with van der Waals surface area (Å²) in [4.78, 5) is 44.9. The lowest BCUT2D eigenvalue weighted by molar-refractivity contribution is -0.122. The van der Waals surface area contributed by atoms with Crippen molar-refractivity contribution in [3.05, 3.63) is 108 Å². The molecule has 0 bridgehead atoms. The van der Waals surface area contributed by atoms with Crippen molar-refractivity contribution in [3.8, 4) is 23.7 Å². The quantitative estimate of drug-likeness (QED) is 0.256. The number of benzene rings is 2. The van der Waals surface area contributed by atoms with Crippen LogP contribution in [-0.4, -0.2) is 44.8 Å². The minimum atomic E-state index is 0.0642. The van der Waals surface area contributed by atoms with Gasteiger partial charge in [-0.05, 0) is 47.9 Å². The van der Waals surface area contributed by atoms with Crippen molar-refractivity contribution in [2.45, 2.75) is 53.4 Å². The first-order chi connectivity index (χ1) is 22.1. The van der Waals surface area contributed by atoms with Gasteiger partial charge in [-0.2, -0.15) is 0 Å². The molecule has 8 heteroatoms. The number of rotatable bonds is 2. The summed E-state index contributed by atoms with van der Waals surface area (Å²) < 4.78 is 0. The van der Waals surface area contributed by atoms with Crippen LogP contribution in [0.4, 0.5) is 11.9 Å². The van der Waals surface area contributed by atoms with Gasteiger partial charge in [0, 0.05) is 61.8 Å². The van der Waals surface area contributed by atoms with Crippen LogP contribution >= 0.6 is 0 Å². The molecular formula is C38H38N6O2. The lowest BCUT2D eigenvalue weighted by Gasteiger charge is -2.36. The Morgan fingerprint density at radius 3 is 1.50 bits per heavy atom. The van der Waals surface area contributed by atoms with E-state index in [2.05, 4.69) is 71.3 Å². The highest BCUT2D eigenvalue weighted by Crippen LogP contribution is 2.32. The van der Waals surface area contributed by atoms with Crippen LogP contribution in [0.25, 0.3) is 0 Å². The van der Waals surface area contributed by atoms with Gasteiger partial charge in [0.05, 0.1) is 11.1 Å². The zero-order valence-electron chi connectivity index (χ0n) is 26.8. The first-order valence-corrected chi connectivity index (χ1v) is 15.5. The van der Waals surface area contributed by atoms with Gasteiger partial charge in [0.25, 0.3) is 0 Å². The van der Waals surface area contributed by atoms with E-state index >= 15 is 0 Å². The molecule has 2 fully saturated rings. The predicted molar refractivity (Wildman–Crippen MR) is 180 cm³/mol. The molecule has 0 saturated carbocycles. The zero-order chi connectivity index (χ0) is 32.6. The van der Waals surface area contributed by atoms with Gasteiger partial charge in [-0.25, -0.2) is 19.9 Å². The van der Waals surface area contributed by atoms with Gasteiger partial charge in [-0.1, -0.05) is 87.8 Å². The monoisotopic (exact) mass is 610 g/mol. The van der Waals surface area contributed by atoms with Crippen LogP contribution in [0.1, 0.15) is 75.6 Å². The molecule has 0 atom stereocenters. The maximum atomic E-state index is 12.2. The third kappa shape index (κ3) is 8.86. The molecule has 0 spiro atoms. The average Bonchev–Trinajstić information content (AvgIpc) is 3.05. The van der Waals surface area contributed by atoms with Crippen molar-refractivity contribution in [2.75, 3.05) is 22.9 Å². The SMILES string of the molecule is CC1(C)CCC(=O)N(c2ncc(C#Cc3ccccc3)cn2)C1.CC1(C)CCN(c2ncc(C#Cc3ccccc3)cn2)C(=O)C1. The Bertz CT molecular complexity index is 1780. The minimum Gasteiger partial charge on any atom is -0.281 e. The Hall–Kier alpha value is -5.34. The largest absolute Gasteiger partial charge is 0.281 e. The van der Waals surface area contributed by atoms with Crippen LogP contribution in [0.15, 0.2) is 85.5 Å². The topological polar surface area (TPSA) is 92.2 Å². The third-order valence-electron chi connectivity index (χ3n) is 7.86. The van der Waals surface area contributed by atoms with Crippen LogP contribution < -0.4 is 9.80 Å². The molecule has 232 valence electrons. The van der Waals surface area contributed by atoms with E-state index in [0.29, 0.717) is 37.8 Å². The van der Waals surface area contributed by atoms with Crippen LogP contribution in [0.5, 0.6) is 0 Å². The van der Waals surface area contributed by atoms with Gasteiger partial charge in [-0.15, -0.1) is 0 Å². The summed E-state index contributed by atoms with van der Waals surface area (Å²) in [5, 5.41) is 0. The lowest BCUT2D eigenvalue weighted by atomic mass is 9.82. The highest BCUT2D eigenvalue weighted by molar-refractivity contribution is 5.93. The van der Waals surface area contributed by atoms with Crippen molar-refractivity contribution >= 4 is 23.7 Å². The van der Waals surface area contributed by atoms with Crippen molar-refractivity contribution in [1.82, 2.24) is 19.9 Å². The summed E-state index contributed by atoms with van der Waals surface area (Å²) in [6, 6.07) is 19.5. The summed E-state index contributed by atoms with van der Waals surface area (Å²) in [5.41, 5.74) is 3.54. The third-order valence-corrected chi connectivity index (χ3v) is 7.86. The Labute approximate surface area is 271 Å². The number of aromatic nitrogens is 4. The number of amides is 2. The molecule has 0 aliphatic carbocycles. The van der Waals surface area contributed by atoms with E-state index in [1.807, 2.05) is 60.7 Å². The number of hydrogen-bond donors (Lipinski definition) is 0. The second-order valence-electron chi connectivity index (χ2n) is 13.1. The van der Waals surface area contributed by atoms with Crippen LogP contribution in [0.2, 0.25) is 0 Å². The van der Waals surface area contributed by atoms with Crippen molar-refractivity contribution in [2.24, 2.45) is 10.8 Å². The van der Waals surface area contributed by atoms with Gasteiger partial charge in [0.1, 0.15) is 0 Å². The summed E-state index contributed by atoms with van der Waals surface area (Å²) >= 11 is 0. The molecule has 0 radical (unpaired) electrons. The second-order valence-corrected chi connectivity index (χ2v) is 13.1. The summed E-state index contributed by atoms with van der Waals surface area (Å²) in [7, 11) is 0. The molecule has 2 aromatic carbocycles. The van der Waals surface area contributed by atoms with Gasteiger partial charge in [0.15, 0.2) is 0 Å². The Morgan fingerprint density at radius 2 is 1.02 bits per heavy atom. The molecule has 8 nitrogen and oxygen atoms in total. The first kappa shape index (κ1) is 32.1. The Balaban J connectivity index is 0.000000181. The number of carbonyl (C=O) groups is 2. The normalized spacial score (nSPS) is 16.6. The molecule has 6 rings (SSSR count). The van der Waals surface area contributed by atoms with Crippen molar-refractivity contribution in [3.63, 3.8) is 0 Å². The number of hydrogen-bond acceptors (Lipinski definition) is 6. The van der Waals surface area contributed by atoms with Gasteiger partial charge < -0.3 is 0 Å².